The molecule has 596 valence electrons. The summed E-state index contributed by atoms with van der Waals surface area (Å²) in [6.07, 6.45) is -5.79. The van der Waals surface area contributed by atoms with E-state index in [9.17, 15) is 55.1 Å². The Kier molecular flexibility index (Phi) is 28.1. The fourth-order valence-electron chi connectivity index (χ4n) is 15.3. The second-order valence-electron chi connectivity index (χ2n) is 30.1. The maximum Gasteiger partial charge on any atom is 0.422 e. The monoisotopic (exact) mass is 1530 g/mol. The highest BCUT2D eigenvalue weighted by Crippen LogP contribution is 2.40. The minimum absolute atomic E-state index is 0.00589. The maximum absolute atomic E-state index is 15.5. The van der Waals surface area contributed by atoms with E-state index in [1.54, 1.807) is 32.9 Å². The van der Waals surface area contributed by atoms with Crippen molar-refractivity contribution >= 4 is 70.9 Å². The zero-order valence-corrected chi connectivity index (χ0v) is 63.2. The molecule has 2 saturated heterocycles. The van der Waals surface area contributed by atoms with E-state index < -0.39 is 222 Å². The predicted octanol–water partition coefficient (Wildman–Crippen LogP) is 5.49. The summed E-state index contributed by atoms with van der Waals surface area (Å²) in [7, 11) is 10.7. The third-order valence-corrected chi connectivity index (χ3v) is 22.3. The number of halogens is 8. The van der Waals surface area contributed by atoms with Crippen molar-refractivity contribution < 1.29 is 97.4 Å². The van der Waals surface area contributed by atoms with E-state index in [0.717, 1.165) is 73.6 Å². The number of benzene rings is 2. The third kappa shape index (κ3) is 20.0. The first-order chi connectivity index (χ1) is 50.7. The molecule has 3 aliphatic heterocycles. The molecule has 5 fully saturated rings. The van der Waals surface area contributed by atoms with Crippen molar-refractivity contribution in [2.75, 3.05) is 89.2 Å². The molecule has 3 saturated carbocycles. The SMILES string of the molecule is CCO[C@@H]1C[C@H]2C(=O)NC3(CCC3)C(=O)N(C)[C@@H](C3CCCC3)C(=O)N(C)[C@H](C(=O)N(C)C)CC(=O)N(C)[C@@H](CC3CC3)C(=O)N[C@@H]([C@@H](C)CC)C(=O)N(C)CC(=O)N(C)[C@H]3C/C=C\CCN(C3=O)[C@@H](Cc3ccc(C(F)(F)F)cc3)C(=O)N(C)CC(=O)N[C@H](CCc3cc(F)c(C(F)(F)F)c(F)c3)C(=O)N2C1. The summed E-state index contributed by atoms with van der Waals surface area (Å²) in [5.41, 5.74) is -5.24. The summed E-state index contributed by atoms with van der Waals surface area (Å²) in [4.78, 5) is 191. The van der Waals surface area contributed by atoms with Crippen LogP contribution < -0.4 is 16.0 Å². The van der Waals surface area contributed by atoms with Crippen LogP contribution >= 0.6 is 0 Å². The summed E-state index contributed by atoms with van der Waals surface area (Å²) in [5, 5.41) is 8.30. The molecule has 1 spiro atoms. The van der Waals surface area contributed by atoms with Crippen molar-refractivity contribution in [2.45, 2.75) is 209 Å². The smallest absolute Gasteiger partial charge is 0.377 e. The molecule has 0 radical (unpaired) electrons. The molecule has 6 aliphatic rings. The molecule has 0 aromatic heterocycles. The first kappa shape index (κ1) is 84.8. The Morgan fingerprint density at radius 3 is 1.86 bits per heavy atom. The quantitative estimate of drug-likeness (QED) is 0.165. The lowest BCUT2D eigenvalue weighted by Gasteiger charge is -2.46. The van der Waals surface area contributed by atoms with Gasteiger partial charge in [0.15, 0.2) is 0 Å². The Labute approximate surface area is 624 Å². The first-order valence-electron chi connectivity index (χ1n) is 37.0. The van der Waals surface area contributed by atoms with Gasteiger partial charge in [-0.2, -0.15) is 26.3 Å². The van der Waals surface area contributed by atoms with Crippen LogP contribution in [0.15, 0.2) is 48.6 Å². The molecule has 3 heterocycles. The lowest BCUT2D eigenvalue weighted by molar-refractivity contribution is -0.158. The summed E-state index contributed by atoms with van der Waals surface area (Å²) in [5.74, 6) is -15.0. The Hall–Kier alpha value is -8.78. The zero-order valence-electron chi connectivity index (χ0n) is 63.2. The highest BCUT2D eigenvalue weighted by molar-refractivity contribution is 6.01. The van der Waals surface area contributed by atoms with Crippen LogP contribution in [0.2, 0.25) is 0 Å². The normalized spacial score (nSPS) is 26.7. The third-order valence-electron chi connectivity index (χ3n) is 22.3. The standard InChI is InChI=1S/C75H102F8N12O13/c1-12-43(3)62-70(105)89(7)42-60(98)90(8)53-22-15-14-18-33-94(69(53)104)57(37-45-25-28-48(29-26-45)74(78,79)80)68(103)88(6)41-58(96)84-52(30-27-46-34-50(76)61(51(77)35-46)75(81,82)83)66(101)95-40-49(108-13-2)38-55(95)65(100)86-73(31-19-32-73)72(107)93(11)63(47-20-16-17-21-47)71(106)92(10)56(67(102)87(4)5)39-59(97)91(9)54(64(99)85-62)36-44-23-24-44/h14-15,25-26,28-29,34-35,43-44,47,49,52-57,62-63H,12-13,16-24,27,30-33,36-42H2,1-11H3,(H,84,96)(H,85,99)(H,86,100)/b15-14-/t43-,49+,52+,53-,54-,55-,56-,57-,62-,63-/m0/s1. The lowest BCUT2D eigenvalue weighted by atomic mass is 9.74. The molecular weight excluding hydrogens is 1430 g/mol. The number of hydrogen-bond acceptors (Lipinski definition) is 13. The van der Waals surface area contributed by atoms with Crippen LogP contribution in [0.3, 0.4) is 0 Å². The summed E-state index contributed by atoms with van der Waals surface area (Å²) in [6.45, 7) is 2.96. The van der Waals surface area contributed by atoms with Crippen LogP contribution in [0.25, 0.3) is 0 Å². The largest absolute Gasteiger partial charge is 0.422 e. The van der Waals surface area contributed by atoms with E-state index in [-0.39, 0.29) is 69.7 Å². The summed E-state index contributed by atoms with van der Waals surface area (Å²) < 4.78 is 120. The number of nitrogens with zero attached hydrogens (tertiary/aromatic N) is 9. The van der Waals surface area contributed by atoms with Gasteiger partial charge in [0.2, 0.25) is 70.9 Å². The Morgan fingerprint density at radius 2 is 1.30 bits per heavy atom. The number of likely N-dealkylation sites (N-methyl/N-ethyl adjacent to an activating group) is 7. The Balaban J connectivity index is 1.22. The lowest BCUT2D eigenvalue weighted by Crippen LogP contribution is -2.68. The second kappa shape index (κ2) is 35.7. The topological polar surface area (TPSA) is 279 Å². The van der Waals surface area contributed by atoms with E-state index in [0.29, 0.717) is 50.7 Å². The fourth-order valence-corrected chi connectivity index (χ4v) is 15.3. The van der Waals surface area contributed by atoms with E-state index in [4.69, 9.17) is 4.74 Å². The maximum atomic E-state index is 15.5. The van der Waals surface area contributed by atoms with Gasteiger partial charge in [-0.05, 0) is 124 Å². The van der Waals surface area contributed by atoms with Gasteiger partial charge in [-0.3, -0.25) is 57.5 Å². The molecule has 33 heteroatoms. The van der Waals surface area contributed by atoms with Crippen LogP contribution in [-0.4, -0.2) is 264 Å². The van der Waals surface area contributed by atoms with Crippen molar-refractivity contribution in [2.24, 2.45) is 17.8 Å². The van der Waals surface area contributed by atoms with Crippen LogP contribution in [0, 0.1) is 29.4 Å². The van der Waals surface area contributed by atoms with Crippen molar-refractivity contribution in [3.63, 3.8) is 0 Å². The van der Waals surface area contributed by atoms with Gasteiger partial charge in [-0.25, -0.2) is 8.78 Å². The van der Waals surface area contributed by atoms with E-state index >= 15 is 37.5 Å². The number of ether oxygens (including phenoxy) is 1. The molecular formula is C75H102F8N12O13. The highest BCUT2D eigenvalue weighted by Gasteiger charge is 2.54. The molecule has 3 N–H and O–H groups in total. The number of rotatable bonds is 13. The number of alkyl halides is 6. The van der Waals surface area contributed by atoms with Crippen LogP contribution in [0.4, 0.5) is 35.1 Å². The average molecular weight is 1530 g/mol. The Bertz CT molecular complexity index is 3670. The number of amides is 12. The van der Waals surface area contributed by atoms with Crippen LogP contribution in [0.1, 0.15) is 146 Å². The minimum Gasteiger partial charge on any atom is -0.377 e. The molecule has 12 amide bonds. The number of aryl methyl sites for hydroxylation is 1. The predicted molar refractivity (Wildman–Crippen MR) is 376 cm³/mol. The van der Waals surface area contributed by atoms with Gasteiger partial charge in [0.1, 0.15) is 71.1 Å². The molecule has 2 aromatic carbocycles. The van der Waals surface area contributed by atoms with Crippen molar-refractivity contribution in [3.05, 3.63) is 82.4 Å². The number of carbonyl (C=O) groups excluding carboxylic acids is 12. The van der Waals surface area contributed by atoms with Gasteiger partial charge in [0, 0.05) is 88.9 Å². The summed E-state index contributed by atoms with van der Waals surface area (Å²) in [6, 6.07) is -7.18. The van der Waals surface area contributed by atoms with Gasteiger partial charge < -0.3 is 64.8 Å². The number of fused-ring (bicyclic) bond motifs is 3. The summed E-state index contributed by atoms with van der Waals surface area (Å²) >= 11 is 0. The number of nitrogens with one attached hydrogen (secondary N) is 3. The van der Waals surface area contributed by atoms with Gasteiger partial charge >= 0.3 is 12.4 Å². The molecule has 2 bridgehead atoms. The zero-order chi connectivity index (χ0) is 79.8. The second-order valence-corrected chi connectivity index (χ2v) is 30.1. The van der Waals surface area contributed by atoms with E-state index in [1.807, 2.05) is 0 Å². The van der Waals surface area contributed by atoms with Crippen LogP contribution in [-0.2, 0) is 87.5 Å². The Morgan fingerprint density at radius 1 is 0.667 bits per heavy atom. The number of carbonyl (C=O) groups is 12. The van der Waals surface area contributed by atoms with Crippen LogP contribution in [0.5, 0.6) is 0 Å². The average Bonchev–Trinajstić information content (AvgIpc) is 1.02. The molecule has 3 aliphatic carbocycles. The highest BCUT2D eigenvalue weighted by atomic mass is 19.4. The van der Waals surface area contributed by atoms with Crippen molar-refractivity contribution in [3.8, 4) is 0 Å². The molecule has 108 heavy (non-hydrogen) atoms. The van der Waals surface area contributed by atoms with Gasteiger partial charge in [-0.15, -0.1) is 0 Å². The van der Waals surface area contributed by atoms with E-state index in [1.165, 1.54) is 64.0 Å². The van der Waals surface area contributed by atoms with Crippen molar-refractivity contribution in [1.29, 1.82) is 0 Å². The molecule has 2 aromatic rings. The molecule has 8 rings (SSSR count). The van der Waals surface area contributed by atoms with Gasteiger partial charge in [0.05, 0.1) is 31.2 Å². The van der Waals surface area contributed by atoms with Gasteiger partial charge in [-0.1, -0.05) is 70.2 Å². The molecule has 0 unspecified atom stereocenters. The number of hydrogen-bond donors (Lipinski definition) is 3. The van der Waals surface area contributed by atoms with Gasteiger partial charge in [0.25, 0.3) is 0 Å². The fraction of sp³-hybridized carbons (Fsp3) is 0.653. The van der Waals surface area contributed by atoms with Crippen molar-refractivity contribution in [1.82, 2.24) is 60.0 Å². The molecule has 25 nitrogen and oxygen atoms in total. The first-order valence-corrected chi connectivity index (χ1v) is 37.0. The molecule has 10 atom stereocenters. The minimum atomic E-state index is -5.46. The van der Waals surface area contributed by atoms with E-state index in [2.05, 4.69) is 16.0 Å².